The lowest BCUT2D eigenvalue weighted by Crippen LogP contribution is -2.34. The van der Waals surface area contributed by atoms with E-state index in [0.29, 0.717) is 12.3 Å². The summed E-state index contributed by atoms with van der Waals surface area (Å²) in [6.45, 7) is 2.87. The molecule has 2 rings (SSSR count). The molecule has 0 bridgehead atoms. The maximum absolute atomic E-state index is 13.6. The van der Waals surface area contributed by atoms with E-state index in [1.807, 2.05) is 24.3 Å². The molecule has 0 fully saturated rings. The predicted molar refractivity (Wildman–Crippen MR) is 106 cm³/mol. The molecule has 138 valence electrons. The Kier molecular flexibility index (Phi) is 8.02. The van der Waals surface area contributed by atoms with Gasteiger partial charge in [-0.2, -0.15) is 0 Å². The van der Waals surface area contributed by atoms with Gasteiger partial charge in [-0.3, -0.25) is 10.1 Å². The first-order valence-electron chi connectivity index (χ1n) is 8.70. The summed E-state index contributed by atoms with van der Waals surface area (Å²) < 4.78 is 19.3. The van der Waals surface area contributed by atoms with E-state index in [1.165, 1.54) is 37.5 Å². The molecule has 0 saturated carbocycles. The molecule has 0 aliphatic rings. The number of carbonyl (C=O) groups excluding carboxylic acids is 1. The molecule has 0 aliphatic carbocycles. The fraction of sp³-hybridized carbons (Fsp3) is 0.300. The minimum absolute atomic E-state index is 0.0523. The van der Waals surface area contributed by atoms with Crippen LogP contribution in [-0.2, 0) is 0 Å². The molecule has 0 atom stereocenters. The lowest BCUT2D eigenvalue weighted by molar-refractivity contribution is 0.0974. The minimum Gasteiger partial charge on any atom is -0.494 e. The average Bonchev–Trinajstić information content (AvgIpc) is 2.63. The van der Waals surface area contributed by atoms with Crippen molar-refractivity contribution < 1.29 is 13.9 Å². The summed E-state index contributed by atoms with van der Waals surface area (Å²) in [5.41, 5.74) is 0.658. The second-order valence-corrected chi connectivity index (χ2v) is 6.23. The van der Waals surface area contributed by atoms with Crippen molar-refractivity contribution in [3.05, 3.63) is 59.9 Å². The van der Waals surface area contributed by atoms with Crippen molar-refractivity contribution in [2.24, 2.45) is 0 Å². The lowest BCUT2D eigenvalue weighted by Gasteiger charge is -2.11. The number of halogens is 1. The highest BCUT2D eigenvalue weighted by molar-refractivity contribution is 7.80. The van der Waals surface area contributed by atoms with E-state index in [1.54, 1.807) is 6.07 Å². The Hall–Kier alpha value is -2.47. The number of unbranched alkanes of at least 4 members (excludes halogenated alkanes) is 3. The zero-order valence-corrected chi connectivity index (χ0v) is 15.6. The Morgan fingerprint density at radius 3 is 2.50 bits per heavy atom. The monoisotopic (exact) mass is 374 g/mol. The van der Waals surface area contributed by atoms with E-state index in [-0.39, 0.29) is 10.7 Å². The fourth-order valence-corrected chi connectivity index (χ4v) is 2.54. The summed E-state index contributed by atoms with van der Waals surface area (Å²) in [4.78, 5) is 12.0. The number of rotatable bonds is 8. The standard InChI is InChI=1S/C20H23FN2O2S/c1-2-3-4-7-14-25-16-12-10-15(11-13-16)22-20(26)23-19(24)17-8-5-6-9-18(17)21/h5-6,8-13H,2-4,7,14H2,1H3,(H2,22,23,24,26). The number of amides is 1. The molecule has 1 amide bonds. The molecule has 26 heavy (non-hydrogen) atoms. The Morgan fingerprint density at radius 1 is 1.08 bits per heavy atom. The van der Waals surface area contributed by atoms with Gasteiger partial charge < -0.3 is 10.1 Å². The first kappa shape index (κ1) is 19.8. The maximum atomic E-state index is 13.6. The van der Waals surface area contributed by atoms with Crippen molar-refractivity contribution in [2.75, 3.05) is 11.9 Å². The van der Waals surface area contributed by atoms with Gasteiger partial charge in [0, 0.05) is 5.69 Å². The first-order valence-corrected chi connectivity index (χ1v) is 9.10. The Morgan fingerprint density at radius 2 is 1.81 bits per heavy atom. The first-order chi connectivity index (χ1) is 12.6. The third-order valence-electron chi connectivity index (χ3n) is 3.72. The number of ether oxygens (including phenoxy) is 1. The second-order valence-electron chi connectivity index (χ2n) is 5.82. The number of hydrogen-bond donors (Lipinski definition) is 2. The molecule has 2 aromatic carbocycles. The van der Waals surface area contributed by atoms with Gasteiger partial charge in [0.25, 0.3) is 5.91 Å². The van der Waals surface area contributed by atoms with Crippen LogP contribution in [0.2, 0.25) is 0 Å². The van der Waals surface area contributed by atoms with Crippen molar-refractivity contribution in [2.45, 2.75) is 32.6 Å². The van der Waals surface area contributed by atoms with Crippen LogP contribution in [0.3, 0.4) is 0 Å². The van der Waals surface area contributed by atoms with Gasteiger partial charge in [-0.1, -0.05) is 38.3 Å². The Bertz CT molecular complexity index is 735. The van der Waals surface area contributed by atoms with Crippen LogP contribution in [0.4, 0.5) is 10.1 Å². The predicted octanol–water partition coefficient (Wildman–Crippen LogP) is 4.91. The number of thiocarbonyl (C=S) groups is 1. The van der Waals surface area contributed by atoms with Gasteiger partial charge in [0.1, 0.15) is 11.6 Å². The number of benzene rings is 2. The van der Waals surface area contributed by atoms with E-state index in [9.17, 15) is 9.18 Å². The normalized spacial score (nSPS) is 10.2. The van der Waals surface area contributed by atoms with E-state index >= 15 is 0 Å². The largest absolute Gasteiger partial charge is 0.494 e. The highest BCUT2D eigenvalue weighted by Crippen LogP contribution is 2.16. The third kappa shape index (κ3) is 6.44. The molecule has 6 heteroatoms. The minimum atomic E-state index is -0.590. The van der Waals surface area contributed by atoms with Crippen LogP contribution in [-0.4, -0.2) is 17.6 Å². The van der Waals surface area contributed by atoms with Gasteiger partial charge in [-0.25, -0.2) is 4.39 Å². The number of anilines is 1. The van der Waals surface area contributed by atoms with Crippen molar-refractivity contribution in [3.63, 3.8) is 0 Å². The van der Waals surface area contributed by atoms with Gasteiger partial charge in [-0.15, -0.1) is 0 Å². The van der Waals surface area contributed by atoms with Gasteiger partial charge in [0.05, 0.1) is 12.2 Å². The third-order valence-corrected chi connectivity index (χ3v) is 3.93. The van der Waals surface area contributed by atoms with Crippen molar-refractivity contribution in [3.8, 4) is 5.75 Å². The zero-order valence-electron chi connectivity index (χ0n) is 14.8. The molecule has 0 heterocycles. The van der Waals surface area contributed by atoms with Crippen LogP contribution in [0.5, 0.6) is 5.75 Å². The smallest absolute Gasteiger partial charge is 0.260 e. The topological polar surface area (TPSA) is 50.4 Å². The molecule has 0 radical (unpaired) electrons. The van der Waals surface area contributed by atoms with E-state index < -0.39 is 11.7 Å². The molecule has 0 unspecified atom stereocenters. The Labute approximate surface area is 158 Å². The summed E-state index contributed by atoms with van der Waals surface area (Å²) in [6, 6.07) is 13.0. The van der Waals surface area contributed by atoms with Crippen molar-refractivity contribution in [1.82, 2.24) is 5.32 Å². The van der Waals surface area contributed by atoms with E-state index in [4.69, 9.17) is 17.0 Å². The van der Waals surface area contributed by atoms with Crippen LogP contribution in [0.25, 0.3) is 0 Å². The van der Waals surface area contributed by atoms with E-state index in [2.05, 4.69) is 17.6 Å². The summed E-state index contributed by atoms with van der Waals surface area (Å²) in [7, 11) is 0. The molecular weight excluding hydrogens is 351 g/mol. The summed E-state index contributed by atoms with van der Waals surface area (Å²) >= 11 is 5.10. The summed E-state index contributed by atoms with van der Waals surface area (Å²) in [6.07, 6.45) is 4.64. The highest BCUT2D eigenvalue weighted by Gasteiger charge is 2.12. The average molecular weight is 374 g/mol. The lowest BCUT2D eigenvalue weighted by atomic mass is 10.2. The van der Waals surface area contributed by atoms with Crippen LogP contribution >= 0.6 is 12.2 Å². The maximum Gasteiger partial charge on any atom is 0.260 e. The van der Waals surface area contributed by atoms with Gasteiger partial charge in [-0.05, 0) is 55.0 Å². The number of nitrogens with one attached hydrogen (secondary N) is 2. The zero-order chi connectivity index (χ0) is 18.8. The van der Waals surface area contributed by atoms with Crippen molar-refractivity contribution in [1.29, 1.82) is 0 Å². The molecule has 4 nitrogen and oxygen atoms in total. The van der Waals surface area contributed by atoms with Gasteiger partial charge in [0.2, 0.25) is 0 Å². The van der Waals surface area contributed by atoms with Crippen LogP contribution in [0.15, 0.2) is 48.5 Å². The van der Waals surface area contributed by atoms with Crippen LogP contribution in [0.1, 0.15) is 43.0 Å². The summed E-state index contributed by atoms with van der Waals surface area (Å²) in [5.74, 6) is -0.394. The quantitative estimate of drug-likeness (QED) is 0.509. The Balaban J connectivity index is 1.80. The van der Waals surface area contributed by atoms with Crippen molar-refractivity contribution >= 4 is 28.9 Å². The molecule has 0 aromatic heterocycles. The fourth-order valence-electron chi connectivity index (χ4n) is 2.33. The second kappa shape index (κ2) is 10.5. The number of carbonyl (C=O) groups is 1. The molecular formula is C20H23FN2O2S. The molecule has 0 saturated heterocycles. The summed E-state index contributed by atoms with van der Waals surface area (Å²) in [5, 5.41) is 5.46. The highest BCUT2D eigenvalue weighted by atomic mass is 32.1. The molecule has 0 spiro atoms. The number of hydrogen-bond acceptors (Lipinski definition) is 3. The SMILES string of the molecule is CCCCCCOc1ccc(NC(=S)NC(=O)c2ccccc2F)cc1. The molecule has 2 N–H and O–H groups in total. The van der Waals surface area contributed by atoms with Crippen LogP contribution < -0.4 is 15.4 Å². The van der Waals surface area contributed by atoms with Gasteiger partial charge >= 0.3 is 0 Å². The van der Waals surface area contributed by atoms with Gasteiger partial charge in [0.15, 0.2) is 5.11 Å². The van der Waals surface area contributed by atoms with E-state index in [0.717, 1.165) is 12.2 Å². The van der Waals surface area contributed by atoms with Crippen LogP contribution in [0, 0.1) is 5.82 Å². The molecule has 0 aliphatic heterocycles. The molecule has 2 aromatic rings.